The van der Waals surface area contributed by atoms with Crippen molar-refractivity contribution in [3.63, 3.8) is 0 Å². The molecule has 0 spiro atoms. The van der Waals surface area contributed by atoms with E-state index >= 15 is 0 Å². The standard InChI is InChI=1S/C13H16F3NOSi.C7H5F3INO/c1-8-10-7-9(18-13(14,15)16)5-6-11(10)17-12(8)19(2,3)4;8-7(9,10)13-4-1-2-6(12)5(11)3-4/h5-7,17H,1-4H3;1-3H,12H2. The lowest BCUT2D eigenvalue weighted by molar-refractivity contribution is -0.275. The molecule has 2 aromatic carbocycles. The van der Waals surface area contributed by atoms with Crippen LogP contribution in [0.25, 0.3) is 10.9 Å². The number of anilines is 1. The Morgan fingerprint density at radius 1 is 0.875 bits per heavy atom. The predicted molar refractivity (Wildman–Crippen MR) is 123 cm³/mol. The van der Waals surface area contributed by atoms with Crippen LogP contribution < -0.4 is 20.5 Å². The Bertz CT molecular complexity index is 1090. The number of hydrogen-bond donors (Lipinski definition) is 2. The van der Waals surface area contributed by atoms with Gasteiger partial charge in [-0.1, -0.05) is 19.6 Å². The van der Waals surface area contributed by atoms with Crippen LogP contribution in [0.4, 0.5) is 32.0 Å². The lowest BCUT2D eigenvalue weighted by Crippen LogP contribution is -2.40. The van der Waals surface area contributed by atoms with Crippen molar-refractivity contribution in [3.05, 3.63) is 45.5 Å². The molecule has 32 heavy (non-hydrogen) atoms. The number of fused-ring (bicyclic) bond motifs is 1. The van der Waals surface area contributed by atoms with E-state index in [1.165, 1.54) is 30.3 Å². The molecule has 4 nitrogen and oxygen atoms in total. The Hall–Kier alpha value is -2.09. The fourth-order valence-corrected chi connectivity index (χ4v) is 5.21. The number of H-pyrrole nitrogens is 1. The minimum Gasteiger partial charge on any atom is -0.406 e. The minimum atomic E-state index is -4.65. The van der Waals surface area contributed by atoms with Crippen molar-refractivity contribution < 1.29 is 35.8 Å². The highest BCUT2D eigenvalue weighted by Gasteiger charge is 2.32. The zero-order valence-corrected chi connectivity index (χ0v) is 20.7. The maximum Gasteiger partial charge on any atom is 0.573 e. The van der Waals surface area contributed by atoms with Gasteiger partial charge >= 0.3 is 12.7 Å². The molecule has 12 heteroatoms. The number of rotatable bonds is 3. The van der Waals surface area contributed by atoms with Crippen LogP contribution in [-0.4, -0.2) is 25.8 Å². The Morgan fingerprint density at radius 3 is 1.84 bits per heavy atom. The molecular weight excluding hydrogens is 569 g/mol. The second-order valence-electron chi connectivity index (χ2n) is 7.86. The molecule has 0 radical (unpaired) electrons. The van der Waals surface area contributed by atoms with E-state index in [0.717, 1.165) is 21.8 Å². The van der Waals surface area contributed by atoms with Crippen LogP contribution in [0.3, 0.4) is 0 Å². The Labute approximate surface area is 195 Å². The fourth-order valence-electron chi connectivity index (χ4n) is 2.96. The normalized spacial score (nSPS) is 12.3. The quantitative estimate of drug-likeness (QED) is 0.155. The molecule has 3 aromatic rings. The van der Waals surface area contributed by atoms with E-state index in [-0.39, 0.29) is 11.5 Å². The van der Waals surface area contributed by atoms with Crippen LogP contribution >= 0.6 is 22.6 Å². The molecule has 0 aliphatic heterocycles. The molecule has 0 aliphatic carbocycles. The first kappa shape index (κ1) is 26.2. The molecule has 3 N–H and O–H groups in total. The van der Waals surface area contributed by atoms with Gasteiger partial charge in [0.2, 0.25) is 0 Å². The van der Waals surface area contributed by atoms with Gasteiger partial charge < -0.3 is 20.2 Å². The summed E-state index contributed by atoms with van der Waals surface area (Å²) in [6.07, 6.45) is -9.31. The predicted octanol–water partition coefficient (Wildman–Crippen LogP) is 6.69. The largest absolute Gasteiger partial charge is 0.573 e. The molecule has 1 aromatic heterocycles. The maximum absolute atomic E-state index is 12.2. The molecule has 0 aliphatic rings. The summed E-state index contributed by atoms with van der Waals surface area (Å²) < 4.78 is 80.0. The highest BCUT2D eigenvalue weighted by Crippen LogP contribution is 2.28. The van der Waals surface area contributed by atoms with Crippen LogP contribution in [0.5, 0.6) is 11.5 Å². The number of halogens is 7. The van der Waals surface area contributed by atoms with Crippen LogP contribution in [0.2, 0.25) is 19.6 Å². The number of aromatic nitrogens is 1. The molecule has 0 atom stereocenters. The first-order valence-corrected chi connectivity index (χ1v) is 13.7. The zero-order valence-electron chi connectivity index (χ0n) is 17.5. The summed E-state index contributed by atoms with van der Waals surface area (Å²) in [5.41, 5.74) is 7.70. The van der Waals surface area contributed by atoms with E-state index in [2.05, 4.69) is 34.1 Å². The van der Waals surface area contributed by atoms with Crippen molar-refractivity contribution in [3.8, 4) is 11.5 Å². The summed E-state index contributed by atoms with van der Waals surface area (Å²) in [7, 11) is -1.54. The fraction of sp³-hybridized carbons (Fsp3) is 0.300. The van der Waals surface area contributed by atoms with E-state index in [9.17, 15) is 26.3 Å². The summed E-state index contributed by atoms with van der Waals surface area (Å²) in [6, 6.07) is 8.17. The second kappa shape index (κ2) is 9.41. The molecule has 176 valence electrons. The van der Waals surface area contributed by atoms with Gasteiger partial charge in [0.25, 0.3) is 0 Å². The first-order valence-electron chi connectivity index (χ1n) is 9.15. The van der Waals surface area contributed by atoms with Gasteiger partial charge in [-0.2, -0.15) is 0 Å². The number of nitrogens with one attached hydrogen (secondary N) is 1. The summed E-state index contributed by atoms with van der Waals surface area (Å²) in [5, 5.41) is 1.95. The topological polar surface area (TPSA) is 60.3 Å². The van der Waals surface area contributed by atoms with Crippen LogP contribution in [-0.2, 0) is 0 Å². The van der Waals surface area contributed by atoms with Crippen LogP contribution in [0.15, 0.2) is 36.4 Å². The highest BCUT2D eigenvalue weighted by molar-refractivity contribution is 14.1. The molecule has 1 heterocycles. The Morgan fingerprint density at radius 2 is 1.38 bits per heavy atom. The smallest absolute Gasteiger partial charge is 0.406 e. The van der Waals surface area contributed by atoms with Gasteiger partial charge in [0, 0.05) is 25.5 Å². The Kier molecular flexibility index (Phi) is 7.69. The second-order valence-corrected chi connectivity index (χ2v) is 14.0. The number of benzene rings is 2. The third-order valence-electron chi connectivity index (χ3n) is 4.22. The molecule has 0 bridgehead atoms. The van der Waals surface area contributed by atoms with Gasteiger partial charge in [-0.3, -0.25) is 0 Å². The van der Waals surface area contributed by atoms with Gasteiger partial charge in [-0.25, -0.2) is 0 Å². The minimum absolute atomic E-state index is 0.177. The van der Waals surface area contributed by atoms with E-state index < -0.39 is 20.8 Å². The number of alkyl halides is 6. The van der Waals surface area contributed by atoms with Gasteiger partial charge in [0.05, 0.1) is 8.07 Å². The molecule has 0 fully saturated rings. The molecule has 3 rings (SSSR count). The summed E-state index contributed by atoms with van der Waals surface area (Å²) in [5.74, 6) is -0.435. The summed E-state index contributed by atoms with van der Waals surface area (Å²) in [6.45, 7) is 8.51. The van der Waals surface area contributed by atoms with Crippen molar-refractivity contribution >= 4 is 52.6 Å². The van der Waals surface area contributed by atoms with Crippen molar-refractivity contribution in [1.82, 2.24) is 4.98 Å². The van der Waals surface area contributed by atoms with E-state index in [1.54, 1.807) is 6.07 Å². The van der Waals surface area contributed by atoms with Crippen molar-refractivity contribution in [2.75, 3.05) is 5.73 Å². The molecular formula is C20H21F6IN2O2Si. The van der Waals surface area contributed by atoms with E-state index in [1.807, 2.05) is 29.5 Å². The number of aryl methyl sites for hydroxylation is 1. The van der Waals surface area contributed by atoms with Crippen molar-refractivity contribution in [1.29, 1.82) is 0 Å². The third-order valence-corrected chi connectivity index (χ3v) is 7.15. The van der Waals surface area contributed by atoms with Crippen molar-refractivity contribution in [2.45, 2.75) is 39.3 Å². The lowest BCUT2D eigenvalue weighted by Gasteiger charge is -2.15. The number of nitrogens with two attached hydrogens (primary N) is 1. The Balaban J connectivity index is 0.000000244. The van der Waals surface area contributed by atoms with Gasteiger partial charge in [0.1, 0.15) is 11.5 Å². The zero-order chi connectivity index (χ0) is 24.5. The van der Waals surface area contributed by atoms with Crippen molar-refractivity contribution in [2.24, 2.45) is 0 Å². The number of ether oxygens (including phenoxy) is 2. The molecule has 0 saturated carbocycles. The highest BCUT2D eigenvalue weighted by atomic mass is 127. The molecule has 0 saturated heterocycles. The summed E-state index contributed by atoms with van der Waals surface area (Å²) in [4.78, 5) is 3.32. The lowest BCUT2D eigenvalue weighted by atomic mass is 10.2. The van der Waals surface area contributed by atoms with E-state index in [4.69, 9.17) is 5.73 Å². The van der Waals surface area contributed by atoms with E-state index in [0.29, 0.717) is 9.26 Å². The average Bonchev–Trinajstić information content (AvgIpc) is 2.93. The number of hydrogen-bond acceptors (Lipinski definition) is 3. The van der Waals surface area contributed by atoms with Gasteiger partial charge in [-0.15, -0.1) is 26.3 Å². The van der Waals surface area contributed by atoms with Gasteiger partial charge in [0.15, 0.2) is 0 Å². The number of aromatic amines is 1. The van der Waals surface area contributed by atoms with Crippen LogP contribution in [0.1, 0.15) is 5.56 Å². The monoisotopic (exact) mass is 590 g/mol. The maximum atomic E-state index is 12.2. The van der Waals surface area contributed by atoms with Gasteiger partial charge in [-0.05, 0) is 71.5 Å². The molecule has 0 unspecified atom stereocenters. The van der Waals surface area contributed by atoms with Crippen LogP contribution in [0, 0.1) is 10.5 Å². The average molecular weight is 590 g/mol. The number of nitrogen functional groups attached to an aromatic ring is 1. The SMILES string of the molecule is Cc1c([Si](C)(C)C)[nH]c2ccc(OC(F)(F)F)cc12.Nc1ccc(OC(F)(F)F)cc1I. The summed E-state index contributed by atoms with van der Waals surface area (Å²) >= 11 is 1.83. The third kappa shape index (κ3) is 7.50. The molecule has 0 amide bonds. The first-order chi connectivity index (χ1) is 14.5.